The van der Waals surface area contributed by atoms with E-state index in [2.05, 4.69) is 5.16 Å². The summed E-state index contributed by atoms with van der Waals surface area (Å²) in [5.74, 6) is 0.534. The van der Waals surface area contributed by atoms with Crippen molar-refractivity contribution in [3.8, 4) is 5.75 Å². The second-order valence-electron chi connectivity index (χ2n) is 6.50. The van der Waals surface area contributed by atoms with Crippen LogP contribution in [0.15, 0.2) is 47.2 Å². The molecule has 0 aliphatic carbocycles. The summed E-state index contributed by atoms with van der Waals surface area (Å²) in [4.78, 5) is 10.9. The Hall–Kier alpha value is -2.01. The van der Waals surface area contributed by atoms with Crippen molar-refractivity contribution in [3.63, 3.8) is 0 Å². The van der Waals surface area contributed by atoms with E-state index in [0.29, 0.717) is 38.4 Å². The highest BCUT2D eigenvalue weighted by Gasteiger charge is 2.33. The molecule has 3 aromatic rings. The number of rotatable bonds is 6. The van der Waals surface area contributed by atoms with Crippen molar-refractivity contribution in [2.24, 2.45) is 0 Å². The fourth-order valence-electron chi connectivity index (χ4n) is 2.94. The lowest BCUT2D eigenvalue weighted by molar-refractivity contribution is 0.112. The van der Waals surface area contributed by atoms with Crippen molar-refractivity contribution in [2.75, 3.05) is 0 Å². The molecular formula is C20H16Cl3NO3. The summed E-state index contributed by atoms with van der Waals surface area (Å²) in [6.07, 6.45) is 2.23. The molecule has 0 aliphatic rings. The Kier molecular flexibility index (Phi) is 5.80. The predicted molar refractivity (Wildman–Crippen MR) is 106 cm³/mol. The molecule has 4 nitrogen and oxygen atoms in total. The molecule has 0 aliphatic heterocycles. The number of carbonyl (C=O) groups is 1. The van der Waals surface area contributed by atoms with Crippen LogP contribution in [0.3, 0.4) is 0 Å². The monoisotopic (exact) mass is 423 g/mol. The first-order chi connectivity index (χ1) is 12.8. The minimum atomic E-state index is -0.597. The number of carbonyl (C=O) groups excluding carboxylic acids is 1. The Labute approximate surface area is 172 Å². The van der Waals surface area contributed by atoms with Crippen LogP contribution in [0.2, 0.25) is 15.1 Å². The van der Waals surface area contributed by atoms with Gasteiger partial charge in [0.05, 0.1) is 10.6 Å². The van der Waals surface area contributed by atoms with Crippen molar-refractivity contribution < 1.29 is 14.1 Å². The van der Waals surface area contributed by atoms with Gasteiger partial charge in [-0.3, -0.25) is 4.79 Å². The summed E-state index contributed by atoms with van der Waals surface area (Å²) in [5, 5.41) is 5.60. The van der Waals surface area contributed by atoms with E-state index >= 15 is 0 Å². The van der Waals surface area contributed by atoms with Crippen molar-refractivity contribution in [2.45, 2.75) is 25.9 Å². The lowest BCUT2D eigenvalue weighted by Gasteiger charge is -2.26. The molecule has 27 heavy (non-hydrogen) atoms. The van der Waals surface area contributed by atoms with Gasteiger partial charge in [-0.2, -0.15) is 0 Å². The summed E-state index contributed by atoms with van der Waals surface area (Å²) < 4.78 is 11.0. The van der Waals surface area contributed by atoms with Gasteiger partial charge in [-0.15, -0.1) is 0 Å². The molecule has 0 saturated heterocycles. The number of nitrogens with zero attached hydrogens (tertiary/aromatic N) is 1. The molecule has 0 bridgehead atoms. The number of ether oxygens (including phenoxy) is 1. The Morgan fingerprint density at radius 2 is 1.81 bits per heavy atom. The van der Waals surface area contributed by atoms with Gasteiger partial charge in [0.1, 0.15) is 24.3 Å². The molecular weight excluding hydrogens is 409 g/mol. The van der Waals surface area contributed by atoms with Gasteiger partial charge in [0.15, 0.2) is 6.29 Å². The third kappa shape index (κ3) is 3.98. The Balaban J connectivity index is 1.87. The molecule has 0 unspecified atom stereocenters. The molecule has 7 heteroatoms. The first-order valence-corrected chi connectivity index (χ1v) is 9.23. The fourth-order valence-corrected chi connectivity index (χ4v) is 4.03. The van der Waals surface area contributed by atoms with Crippen LogP contribution in [-0.2, 0) is 12.0 Å². The maximum atomic E-state index is 10.9. The van der Waals surface area contributed by atoms with E-state index in [9.17, 15) is 4.79 Å². The van der Waals surface area contributed by atoms with Gasteiger partial charge in [0.2, 0.25) is 0 Å². The average Bonchev–Trinajstić information content (AvgIpc) is 3.09. The molecule has 0 fully saturated rings. The van der Waals surface area contributed by atoms with E-state index in [0.717, 1.165) is 11.1 Å². The summed E-state index contributed by atoms with van der Waals surface area (Å²) in [6, 6.07) is 10.2. The van der Waals surface area contributed by atoms with E-state index < -0.39 is 5.41 Å². The number of benzene rings is 2. The smallest absolute Gasteiger partial charge is 0.151 e. The molecule has 0 saturated carbocycles. The Morgan fingerprint density at radius 3 is 2.44 bits per heavy atom. The molecule has 2 aromatic carbocycles. The summed E-state index contributed by atoms with van der Waals surface area (Å²) in [6.45, 7) is 4.15. The summed E-state index contributed by atoms with van der Waals surface area (Å²) in [5.41, 5.74) is 2.01. The van der Waals surface area contributed by atoms with Crippen LogP contribution in [0, 0.1) is 0 Å². The van der Waals surface area contributed by atoms with Crippen LogP contribution < -0.4 is 4.74 Å². The average molecular weight is 425 g/mol. The van der Waals surface area contributed by atoms with Gasteiger partial charge in [-0.1, -0.05) is 46.0 Å². The largest absolute Gasteiger partial charge is 0.489 e. The number of aldehydes is 1. The number of hydrogen-bond donors (Lipinski definition) is 0. The molecule has 0 atom stereocenters. The SMILES string of the molecule is CC(C)(c1nocc1COc1ccc(C=O)c(Cl)c1)c1c(Cl)cccc1Cl. The van der Waals surface area contributed by atoms with Gasteiger partial charge in [0, 0.05) is 26.6 Å². The number of hydrogen-bond acceptors (Lipinski definition) is 4. The van der Waals surface area contributed by atoms with Crippen molar-refractivity contribution in [1.29, 1.82) is 0 Å². The van der Waals surface area contributed by atoms with Gasteiger partial charge in [0.25, 0.3) is 0 Å². The third-order valence-electron chi connectivity index (χ3n) is 4.32. The molecule has 0 N–H and O–H groups in total. The normalized spacial score (nSPS) is 11.4. The van der Waals surface area contributed by atoms with Gasteiger partial charge < -0.3 is 9.26 Å². The highest BCUT2D eigenvalue weighted by Crippen LogP contribution is 2.41. The zero-order valence-corrected chi connectivity index (χ0v) is 16.9. The van der Waals surface area contributed by atoms with Crippen LogP contribution in [0.5, 0.6) is 5.75 Å². The molecule has 1 aromatic heterocycles. The first-order valence-electron chi connectivity index (χ1n) is 8.10. The molecule has 0 amide bonds. The zero-order chi connectivity index (χ0) is 19.6. The second kappa shape index (κ2) is 7.93. The van der Waals surface area contributed by atoms with Crippen LogP contribution >= 0.6 is 34.8 Å². The predicted octanol–water partition coefficient (Wildman–Crippen LogP) is 6.35. The maximum absolute atomic E-state index is 10.9. The molecule has 1 heterocycles. The van der Waals surface area contributed by atoms with Crippen LogP contribution in [0.4, 0.5) is 0 Å². The van der Waals surface area contributed by atoms with Gasteiger partial charge >= 0.3 is 0 Å². The molecule has 0 radical (unpaired) electrons. The second-order valence-corrected chi connectivity index (χ2v) is 7.72. The standard InChI is InChI=1S/C20H16Cl3NO3/c1-20(2,18-15(21)4-3-5-16(18)22)19-13(11-27-24-19)10-26-14-7-6-12(9-25)17(23)8-14/h3-9,11H,10H2,1-2H3. The summed E-state index contributed by atoms with van der Waals surface area (Å²) in [7, 11) is 0. The van der Waals surface area contributed by atoms with Crippen molar-refractivity contribution in [1.82, 2.24) is 5.16 Å². The van der Waals surface area contributed by atoms with Crippen molar-refractivity contribution in [3.05, 3.63) is 80.1 Å². The highest BCUT2D eigenvalue weighted by atomic mass is 35.5. The maximum Gasteiger partial charge on any atom is 0.151 e. The Bertz CT molecular complexity index is 962. The molecule has 3 rings (SSSR count). The fraction of sp³-hybridized carbons (Fsp3) is 0.200. The minimum Gasteiger partial charge on any atom is -0.489 e. The lowest BCUT2D eigenvalue weighted by atomic mass is 9.80. The topological polar surface area (TPSA) is 52.3 Å². The number of halogens is 3. The van der Waals surface area contributed by atoms with Crippen LogP contribution in [-0.4, -0.2) is 11.4 Å². The summed E-state index contributed by atoms with van der Waals surface area (Å²) >= 11 is 18.8. The minimum absolute atomic E-state index is 0.209. The Morgan fingerprint density at radius 1 is 1.11 bits per heavy atom. The lowest BCUT2D eigenvalue weighted by Crippen LogP contribution is -2.22. The molecule has 0 spiro atoms. The van der Waals surface area contributed by atoms with E-state index in [1.54, 1.807) is 36.4 Å². The quantitative estimate of drug-likeness (QED) is 0.432. The van der Waals surface area contributed by atoms with Crippen molar-refractivity contribution >= 4 is 41.1 Å². The van der Waals surface area contributed by atoms with Gasteiger partial charge in [-0.25, -0.2) is 0 Å². The van der Waals surface area contributed by atoms with Crippen LogP contribution in [0.1, 0.15) is 41.0 Å². The van der Waals surface area contributed by atoms with Gasteiger partial charge in [-0.05, 0) is 44.2 Å². The van der Waals surface area contributed by atoms with E-state index in [4.69, 9.17) is 44.1 Å². The van der Waals surface area contributed by atoms with E-state index in [1.807, 2.05) is 13.8 Å². The zero-order valence-electron chi connectivity index (χ0n) is 14.6. The van der Waals surface area contributed by atoms with E-state index in [-0.39, 0.29) is 6.61 Å². The molecule has 140 valence electrons. The highest BCUT2D eigenvalue weighted by molar-refractivity contribution is 6.36. The van der Waals surface area contributed by atoms with E-state index in [1.165, 1.54) is 6.26 Å². The third-order valence-corrected chi connectivity index (χ3v) is 5.27. The number of aromatic nitrogens is 1. The first kappa shape index (κ1) is 19.7. The van der Waals surface area contributed by atoms with Crippen LogP contribution in [0.25, 0.3) is 0 Å².